The van der Waals surface area contributed by atoms with Crippen molar-refractivity contribution in [3.05, 3.63) is 37.8 Å². The molecule has 2 N–H and O–H groups in total. The molecule has 1 aliphatic heterocycles. The summed E-state index contributed by atoms with van der Waals surface area (Å²) in [6.45, 7) is 0. The van der Waals surface area contributed by atoms with E-state index in [1.54, 1.807) is 0 Å². The Kier molecular flexibility index (Phi) is 2.88. The molecular formula is C10H5N5O3S2. The highest BCUT2D eigenvalue weighted by Crippen LogP contribution is 2.29. The van der Waals surface area contributed by atoms with Crippen LogP contribution in [-0.4, -0.2) is 26.7 Å². The van der Waals surface area contributed by atoms with Crippen molar-refractivity contribution in [3.8, 4) is 0 Å². The van der Waals surface area contributed by atoms with Gasteiger partial charge >= 0.3 is 0 Å². The van der Waals surface area contributed by atoms with E-state index < -0.39 is 10.8 Å². The zero-order valence-corrected chi connectivity index (χ0v) is 11.2. The number of benzene rings is 1. The van der Waals surface area contributed by atoms with Crippen LogP contribution in [0.4, 0.5) is 16.5 Å². The van der Waals surface area contributed by atoms with Crippen molar-refractivity contribution in [1.29, 1.82) is 0 Å². The molecule has 0 fully saturated rings. The predicted molar refractivity (Wildman–Crippen MR) is 75.2 cm³/mol. The van der Waals surface area contributed by atoms with E-state index in [1.807, 2.05) is 0 Å². The predicted octanol–water partition coefficient (Wildman–Crippen LogP) is 2.18. The normalized spacial score (nSPS) is 15.2. The van der Waals surface area contributed by atoms with Crippen molar-refractivity contribution < 1.29 is 9.72 Å². The van der Waals surface area contributed by atoms with Gasteiger partial charge in [-0.25, -0.2) is 4.99 Å². The molecule has 0 saturated heterocycles. The number of nitrogens with one attached hydrogen (secondary N) is 2. The summed E-state index contributed by atoms with van der Waals surface area (Å²) >= 11 is 5.99. The first-order chi connectivity index (χ1) is 9.54. The molecular weight excluding hydrogens is 302 g/mol. The number of nitro groups is 1. The Morgan fingerprint density at radius 1 is 1.45 bits per heavy atom. The second kappa shape index (κ2) is 4.58. The highest BCUT2D eigenvalue weighted by atomic mass is 32.1. The SMILES string of the molecule is O=C1Nc2ccc([N+](=O)[O-])cc2/C1=N/c1n[nH]c(=S)s1. The third-order valence-electron chi connectivity index (χ3n) is 2.57. The topological polar surface area (TPSA) is 113 Å². The van der Waals surface area contributed by atoms with Gasteiger partial charge in [0.05, 0.1) is 10.6 Å². The molecule has 2 heterocycles. The monoisotopic (exact) mass is 307 g/mol. The minimum absolute atomic E-state index is 0.0847. The standard InChI is InChI=1S/C10H5N5O3S2/c16-8-7(12-9-13-14-10(19)20-9)5-3-4(15(17)18)1-2-6(5)11-8/h1-3H,(H,14,19)(H,11,12,13,16). The highest BCUT2D eigenvalue weighted by Gasteiger charge is 2.28. The van der Waals surface area contributed by atoms with Gasteiger partial charge in [0.25, 0.3) is 11.6 Å². The summed E-state index contributed by atoms with van der Waals surface area (Å²) in [6.07, 6.45) is 0. The molecule has 0 radical (unpaired) electrons. The van der Waals surface area contributed by atoms with Crippen molar-refractivity contribution in [3.63, 3.8) is 0 Å². The zero-order chi connectivity index (χ0) is 14.3. The van der Waals surface area contributed by atoms with E-state index in [2.05, 4.69) is 20.5 Å². The Hall–Kier alpha value is -2.46. The van der Waals surface area contributed by atoms with Gasteiger partial charge in [0.15, 0.2) is 3.95 Å². The molecule has 0 atom stereocenters. The van der Waals surface area contributed by atoms with Crippen LogP contribution >= 0.6 is 23.6 Å². The van der Waals surface area contributed by atoms with E-state index >= 15 is 0 Å². The molecule has 8 nitrogen and oxygen atoms in total. The number of nitro benzene ring substituents is 1. The zero-order valence-electron chi connectivity index (χ0n) is 9.61. The summed E-state index contributed by atoms with van der Waals surface area (Å²) in [7, 11) is 0. The van der Waals surface area contributed by atoms with Gasteiger partial charge in [0, 0.05) is 17.7 Å². The minimum Gasteiger partial charge on any atom is -0.320 e. The quantitative estimate of drug-likeness (QED) is 0.501. The summed E-state index contributed by atoms with van der Waals surface area (Å²) in [5.74, 6) is -0.429. The Balaban J connectivity index is 2.13. The molecule has 0 aliphatic carbocycles. The molecule has 0 saturated carbocycles. The maximum atomic E-state index is 11.9. The molecule has 2 aromatic rings. The van der Waals surface area contributed by atoms with Gasteiger partial charge in [0.2, 0.25) is 5.13 Å². The molecule has 0 bridgehead atoms. The first-order valence-corrected chi connectivity index (χ1v) is 6.51. The Morgan fingerprint density at radius 2 is 2.25 bits per heavy atom. The molecule has 0 spiro atoms. The molecule has 1 aromatic carbocycles. The third kappa shape index (κ3) is 2.10. The van der Waals surface area contributed by atoms with Gasteiger partial charge in [-0.1, -0.05) is 11.3 Å². The molecule has 0 unspecified atom stereocenters. The van der Waals surface area contributed by atoms with Gasteiger partial charge < -0.3 is 5.32 Å². The maximum Gasteiger partial charge on any atom is 0.275 e. The average Bonchev–Trinajstić information content (AvgIpc) is 2.94. The second-order valence-electron chi connectivity index (χ2n) is 3.80. The fourth-order valence-electron chi connectivity index (χ4n) is 1.73. The summed E-state index contributed by atoms with van der Waals surface area (Å²) < 4.78 is 0.432. The lowest BCUT2D eigenvalue weighted by atomic mass is 10.1. The Labute approximate surface area is 120 Å². The lowest BCUT2D eigenvalue weighted by Crippen LogP contribution is -2.13. The minimum atomic E-state index is -0.529. The van der Waals surface area contributed by atoms with Crippen LogP contribution in [0.1, 0.15) is 5.56 Å². The summed E-state index contributed by atoms with van der Waals surface area (Å²) in [6, 6.07) is 4.10. The van der Waals surface area contributed by atoms with Gasteiger partial charge in [-0.05, 0) is 18.3 Å². The van der Waals surface area contributed by atoms with E-state index in [9.17, 15) is 14.9 Å². The number of fused-ring (bicyclic) bond motifs is 1. The van der Waals surface area contributed by atoms with E-state index in [0.717, 1.165) is 11.3 Å². The van der Waals surface area contributed by atoms with E-state index in [0.29, 0.717) is 20.3 Å². The molecule has 1 aliphatic rings. The Bertz CT molecular complexity index is 822. The number of hydrogen-bond acceptors (Lipinski definition) is 7. The number of rotatable bonds is 2. The van der Waals surface area contributed by atoms with Gasteiger partial charge in [-0.15, -0.1) is 5.10 Å². The number of non-ortho nitro benzene ring substituents is 1. The van der Waals surface area contributed by atoms with E-state index in [1.165, 1.54) is 18.2 Å². The number of hydrogen-bond donors (Lipinski definition) is 2. The molecule has 20 heavy (non-hydrogen) atoms. The number of aromatic nitrogens is 2. The number of aliphatic imine (C=N–C) groups is 1. The van der Waals surface area contributed by atoms with Gasteiger partial charge in [-0.2, -0.15) is 0 Å². The van der Waals surface area contributed by atoms with Crippen LogP contribution in [0.15, 0.2) is 23.2 Å². The van der Waals surface area contributed by atoms with Crippen molar-refractivity contribution in [2.45, 2.75) is 0 Å². The fraction of sp³-hybridized carbons (Fsp3) is 0. The van der Waals surface area contributed by atoms with Crippen LogP contribution in [0.2, 0.25) is 0 Å². The molecule has 1 amide bonds. The van der Waals surface area contributed by atoms with Gasteiger partial charge in [0.1, 0.15) is 5.71 Å². The number of carbonyl (C=O) groups excluding carboxylic acids is 1. The largest absolute Gasteiger partial charge is 0.320 e. The lowest BCUT2D eigenvalue weighted by molar-refractivity contribution is -0.384. The second-order valence-corrected chi connectivity index (χ2v) is 5.44. The van der Waals surface area contributed by atoms with Crippen LogP contribution in [0.5, 0.6) is 0 Å². The highest BCUT2D eigenvalue weighted by molar-refractivity contribution is 7.73. The number of amides is 1. The lowest BCUT2D eigenvalue weighted by Gasteiger charge is -1.97. The van der Waals surface area contributed by atoms with Crippen LogP contribution in [0.3, 0.4) is 0 Å². The van der Waals surface area contributed by atoms with Crippen LogP contribution in [0, 0.1) is 14.1 Å². The maximum absolute atomic E-state index is 11.9. The van der Waals surface area contributed by atoms with Crippen molar-refractivity contribution in [1.82, 2.24) is 10.2 Å². The number of H-pyrrole nitrogens is 1. The molecule has 10 heteroatoms. The van der Waals surface area contributed by atoms with Crippen LogP contribution in [-0.2, 0) is 4.79 Å². The van der Waals surface area contributed by atoms with Crippen LogP contribution < -0.4 is 5.32 Å². The first-order valence-electron chi connectivity index (χ1n) is 5.29. The third-order valence-corrected chi connectivity index (χ3v) is 3.55. The van der Waals surface area contributed by atoms with Crippen molar-refractivity contribution in [2.75, 3.05) is 5.32 Å². The molecule has 1 aromatic heterocycles. The van der Waals surface area contributed by atoms with E-state index in [-0.39, 0.29) is 11.4 Å². The number of carbonyl (C=O) groups is 1. The van der Waals surface area contributed by atoms with Crippen molar-refractivity contribution >= 4 is 51.7 Å². The number of aromatic amines is 1. The fourth-order valence-corrected chi connectivity index (χ4v) is 2.49. The van der Waals surface area contributed by atoms with Gasteiger partial charge in [-0.3, -0.25) is 20.0 Å². The van der Waals surface area contributed by atoms with E-state index in [4.69, 9.17) is 12.2 Å². The average molecular weight is 307 g/mol. The summed E-state index contributed by atoms with van der Waals surface area (Å²) in [5, 5.41) is 20.0. The van der Waals surface area contributed by atoms with Crippen molar-refractivity contribution in [2.24, 2.45) is 4.99 Å². The molecule has 3 rings (SSSR count). The number of anilines is 1. The molecule has 100 valence electrons. The number of nitrogens with zero attached hydrogens (tertiary/aromatic N) is 3. The van der Waals surface area contributed by atoms with Crippen LogP contribution in [0.25, 0.3) is 0 Å². The smallest absolute Gasteiger partial charge is 0.275 e. The first kappa shape index (κ1) is 12.6. The summed E-state index contributed by atoms with van der Waals surface area (Å²) in [4.78, 5) is 26.2. The Morgan fingerprint density at radius 3 is 2.90 bits per heavy atom. The summed E-state index contributed by atoms with van der Waals surface area (Å²) in [5.41, 5.74) is 0.841.